The minimum absolute atomic E-state index is 0. The molecular formula is C15H28ClN5O2. The van der Waals surface area contributed by atoms with E-state index in [2.05, 4.69) is 20.8 Å². The van der Waals surface area contributed by atoms with Gasteiger partial charge >= 0.3 is 6.03 Å². The molecule has 0 bridgehead atoms. The van der Waals surface area contributed by atoms with Crippen molar-refractivity contribution in [1.29, 1.82) is 0 Å². The van der Waals surface area contributed by atoms with Crippen LogP contribution in [0.1, 0.15) is 71.6 Å². The number of rotatable bonds is 4. The molecule has 2 rings (SSSR count). The monoisotopic (exact) mass is 345 g/mol. The van der Waals surface area contributed by atoms with Crippen LogP contribution in [-0.2, 0) is 5.54 Å². The van der Waals surface area contributed by atoms with Crippen molar-refractivity contribution in [1.82, 2.24) is 20.8 Å². The second kappa shape index (κ2) is 7.05. The van der Waals surface area contributed by atoms with Crippen LogP contribution in [0.4, 0.5) is 4.79 Å². The first kappa shape index (κ1) is 19.7. The fourth-order valence-electron chi connectivity index (χ4n) is 2.38. The van der Waals surface area contributed by atoms with Crippen molar-refractivity contribution in [2.75, 3.05) is 0 Å². The van der Waals surface area contributed by atoms with Crippen LogP contribution >= 0.6 is 12.4 Å². The summed E-state index contributed by atoms with van der Waals surface area (Å²) < 4.78 is 5.36. The lowest BCUT2D eigenvalue weighted by molar-refractivity contribution is 0.214. The van der Waals surface area contributed by atoms with Crippen molar-refractivity contribution >= 4 is 18.4 Å². The number of nitrogens with one attached hydrogen (secondary N) is 2. The predicted molar refractivity (Wildman–Crippen MR) is 90.3 cm³/mol. The topological polar surface area (TPSA) is 106 Å². The van der Waals surface area contributed by atoms with Gasteiger partial charge in [-0.3, -0.25) is 0 Å². The Bertz CT molecular complexity index is 534. The average molecular weight is 346 g/mol. The smallest absolute Gasteiger partial charge is 0.315 e. The molecule has 0 unspecified atom stereocenters. The molecular weight excluding hydrogens is 318 g/mol. The van der Waals surface area contributed by atoms with Gasteiger partial charge in [-0.05, 0) is 46.0 Å². The minimum Gasteiger partial charge on any atom is -0.337 e. The molecule has 0 spiro atoms. The molecule has 1 aromatic rings. The van der Waals surface area contributed by atoms with E-state index in [0.717, 1.165) is 19.3 Å². The standard InChI is InChI=1S/C15H27N5O2.ClH/c1-9(2)10(17-13(21)19-14(3,4)5)11-18-12(20-22-11)15(16)7-6-8-15;/h9-10H,6-8,16H2,1-5H3,(H2,17,19,21);1H/t10-;/m0./s1. The van der Waals surface area contributed by atoms with Gasteiger partial charge in [0.1, 0.15) is 6.04 Å². The fourth-order valence-corrected chi connectivity index (χ4v) is 2.38. The third kappa shape index (κ3) is 4.81. The van der Waals surface area contributed by atoms with E-state index in [1.165, 1.54) is 0 Å². The van der Waals surface area contributed by atoms with Crippen LogP contribution in [0, 0.1) is 5.92 Å². The highest BCUT2D eigenvalue weighted by atomic mass is 35.5. The van der Waals surface area contributed by atoms with Gasteiger partial charge in [-0.1, -0.05) is 19.0 Å². The molecule has 23 heavy (non-hydrogen) atoms. The van der Waals surface area contributed by atoms with Gasteiger partial charge in [-0.2, -0.15) is 4.98 Å². The molecule has 1 aliphatic carbocycles. The van der Waals surface area contributed by atoms with Gasteiger partial charge in [0.2, 0.25) is 5.89 Å². The zero-order chi connectivity index (χ0) is 16.5. The zero-order valence-corrected chi connectivity index (χ0v) is 15.3. The largest absolute Gasteiger partial charge is 0.337 e. The van der Waals surface area contributed by atoms with Gasteiger partial charge in [-0.15, -0.1) is 12.4 Å². The van der Waals surface area contributed by atoms with Crippen LogP contribution in [-0.4, -0.2) is 21.7 Å². The molecule has 0 aromatic carbocycles. The van der Waals surface area contributed by atoms with Crippen molar-refractivity contribution in [3.8, 4) is 0 Å². The SMILES string of the molecule is CC(C)[C@H](NC(=O)NC(C)(C)C)c1nc(C2(N)CCC2)no1.Cl. The van der Waals surface area contributed by atoms with Gasteiger partial charge in [-0.25, -0.2) is 4.79 Å². The van der Waals surface area contributed by atoms with E-state index in [4.69, 9.17) is 10.3 Å². The fraction of sp³-hybridized carbons (Fsp3) is 0.800. The second-order valence-electron chi connectivity index (χ2n) is 7.54. The van der Waals surface area contributed by atoms with E-state index in [0.29, 0.717) is 11.7 Å². The van der Waals surface area contributed by atoms with Crippen LogP contribution in [0.2, 0.25) is 0 Å². The molecule has 1 aliphatic rings. The molecule has 1 aromatic heterocycles. The van der Waals surface area contributed by atoms with Crippen molar-refractivity contribution in [2.45, 2.75) is 71.0 Å². The van der Waals surface area contributed by atoms with Crippen molar-refractivity contribution in [2.24, 2.45) is 11.7 Å². The molecule has 0 radical (unpaired) electrons. The van der Waals surface area contributed by atoms with Crippen molar-refractivity contribution < 1.29 is 9.32 Å². The quantitative estimate of drug-likeness (QED) is 0.777. The summed E-state index contributed by atoms with van der Waals surface area (Å²) in [5.41, 5.74) is 5.45. The van der Waals surface area contributed by atoms with Crippen LogP contribution in [0.3, 0.4) is 0 Å². The van der Waals surface area contributed by atoms with Crippen LogP contribution < -0.4 is 16.4 Å². The van der Waals surface area contributed by atoms with Gasteiger partial charge in [0.05, 0.1) is 5.54 Å². The van der Waals surface area contributed by atoms with Crippen LogP contribution in [0.5, 0.6) is 0 Å². The van der Waals surface area contributed by atoms with Crippen LogP contribution in [0.25, 0.3) is 0 Å². The third-order valence-corrected chi connectivity index (χ3v) is 3.84. The Kier molecular flexibility index (Phi) is 6.04. The van der Waals surface area contributed by atoms with Crippen LogP contribution in [0.15, 0.2) is 4.52 Å². The molecule has 0 aliphatic heterocycles. The number of nitrogens with two attached hydrogens (primary N) is 1. The number of halogens is 1. The van der Waals surface area contributed by atoms with Gasteiger partial charge in [0.15, 0.2) is 5.82 Å². The highest BCUT2D eigenvalue weighted by molar-refractivity contribution is 5.85. The van der Waals surface area contributed by atoms with E-state index >= 15 is 0 Å². The Morgan fingerprint density at radius 1 is 1.35 bits per heavy atom. The molecule has 1 heterocycles. The summed E-state index contributed by atoms with van der Waals surface area (Å²) in [4.78, 5) is 16.5. The number of carbonyl (C=O) groups excluding carboxylic acids is 1. The number of hydrogen-bond acceptors (Lipinski definition) is 5. The number of urea groups is 1. The highest BCUT2D eigenvalue weighted by Crippen LogP contribution is 2.37. The normalized spacial score (nSPS) is 17.9. The number of carbonyl (C=O) groups is 1. The maximum Gasteiger partial charge on any atom is 0.315 e. The van der Waals surface area contributed by atoms with Crippen molar-refractivity contribution in [3.05, 3.63) is 11.7 Å². The molecule has 1 atom stereocenters. The van der Waals surface area contributed by atoms with E-state index in [1.54, 1.807) is 0 Å². The Hall–Kier alpha value is -1.34. The summed E-state index contributed by atoms with van der Waals surface area (Å²) in [5.74, 6) is 1.07. The summed E-state index contributed by atoms with van der Waals surface area (Å²) in [6, 6.07) is -0.593. The molecule has 4 N–H and O–H groups in total. The van der Waals surface area contributed by atoms with Gasteiger partial charge in [0.25, 0.3) is 0 Å². The zero-order valence-electron chi connectivity index (χ0n) is 14.5. The minimum atomic E-state index is -0.461. The van der Waals surface area contributed by atoms with Crippen molar-refractivity contribution in [3.63, 3.8) is 0 Å². The molecule has 0 saturated heterocycles. The Labute approximate surface area is 143 Å². The number of aromatic nitrogens is 2. The lowest BCUT2D eigenvalue weighted by Gasteiger charge is -2.34. The van der Waals surface area contributed by atoms with E-state index < -0.39 is 5.54 Å². The Balaban J connectivity index is 0.00000264. The maximum atomic E-state index is 12.1. The average Bonchev–Trinajstić information content (AvgIpc) is 2.80. The van der Waals surface area contributed by atoms with E-state index in [1.807, 2.05) is 34.6 Å². The molecule has 8 heteroatoms. The molecule has 1 fully saturated rings. The summed E-state index contributed by atoms with van der Waals surface area (Å²) in [6.45, 7) is 9.77. The summed E-state index contributed by atoms with van der Waals surface area (Å²) in [7, 11) is 0. The summed E-state index contributed by atoms with van der Waals surface area (Å²) in [6.07, 6.45) is 2.83. The first-order chi connectivity index (χ1) is 10.1. The van der Waals surface area contributed by atoms with Gasteiger partial charge in [0, 0.05) is 5.54 Å². The molecule has 7 nitrogen and oxygen atoms in total. The summed E-state index contributed by atoms with van der Waals surface area (Å²) in [5, 5.41) is 9.78. The first-order valence-corrected chi connectivity index (χ1v) is 7.82. The molecule has 132 valence electrons. The van der Waals surface area contributed by atoms with E-state index in [9.17, 15) is 4.79 Å². The Morgan fingerprint density at radius 2 is 1.96 bits per heavy atom. The lowest BCUT2D eigenvalue weighted by atomic mass is 9.77. The Morgan fingerprint density at radius 3 is 2.39 bits per heavy atom. The third-order valence-electron chi connectivity index (χ3n) is 3.84. The maximum absolute atomic E-state index is 12.1. The number of nitrogens with zero attached hydrogens (tertiary/aromatic N) is 2. The lowest BCUT2D eigenvalue weighted by Crippen LogP contribution is -2.48. The predicted octanol–water partition coefficient (Wildman–Crippen LogP) is 2.62. The van der Waals surface area contributed by atoms with E-state index in [-0.39, 0.29) is 35.9 Å². The highest BCUT2D eigenvalue weighted by Gasteiger charge is 2.40. The van der Waals surface area contributed by atoms with Gasteiger partial charge < -0.3 is 20.9 Å². The molecule has 2 amide bonds. The first-order valence-electron chi connectivity index (χ1n) is 7.82. The number of amides is 2. The number of hydrogen-bond donors (Lipinski definition) is 3. The summed E-state index contributed by atoms with van der Waals surface area (Å²) >= 11 is 0. The molecule has 1 saturated carbocycles. The second-order valence-corrected chi connectivity index (χ2v) is 7.54.